The summed E-state index contributed by atoms with van der Waals surface area (Å²) in [4.78, 5) is 13.3. The summed E-state index contributed by atoms with van der Waals surface area (Å²) in [6.07, 6.45) is -3.83. The Balaban J connectivity index is 2.77. The van der Waals surface area contributed by atoms with E-state index in [1.165, 1.54) is 18.2 Å². The highest BCUT2D eigenvalue weighted by Crippen LogP contribution is 2.23. The van der Waals surface area contributed by atoms with Crippen LogP contribution in [0.25, 0.3) is 0 Å². The molecule has 1 aromatic rings. The monoisotopic (exact) mass is 293 g/mol. The summed E-state index contributed by atoms with van der Waals surface area (Å²) < 4.78 is 49.2. The van der Waals surface area contributed by atoms with Gasteiger partial charge in [0.2, 0.25) is 0 Å². The Morgan fingerprint density at radius 2 is 2.00 bits per heavy atom. The third kappa shape index (κ3) is 3.75. The number of halogens is 4. The molecule has 1 rings (SSSR count). The van der Waals surface area contributed by atoms with E-state index in [4.69, 9.17) is 5.73 Å². The fourth-order valence-corrected chi connectivity index (χ4v) is 1.48. The highest BCUT2D eigenvalue weighted by atomic mass is 19.3. The minimum Gasteiger partial charge on any atom is -0.397 e. The van der Waals surface area contributed by atoms with Gasteiger partial charge in [-0.2, -0.15) is 8.78 Å². The van der Waals surface area contributed by atoms with Gasteiger partial charge in [-0.1, -0.05) is 0 Å². The lowest BCUT2D eigenvalue weighted by molar-refractivity contribution is -0.123. The second-order valence-corrected chi connectivity index (χ2v) is 4.41. The molecule has 1 amide bonds. The Hall–Kier alpha value is -1.99. The number of hydrogen-bond acceptors (Lipinski definition) is 3. The van der Waals surface area contributed by atoms with Crippen LogP contribution < -0.4 is 16.0 Å². The third-order valence-corrected chi connectivity index (χ3v) is 2.58. The molecule has 0 saturated heterocycles. The van der Waals surface area contributed by atoms with Gasteiger partial charge in [-0.3, -0.25) is 4.79 Å². The van der Waals surface area contributed by atoms with Crippen molar-refractivity contribution in [3.63, 3.8) is 0 Å². The normalized spacial score (nSPS) is 11.6. The molecular weight excluding hydrogens is 278 g/mol. The van der Waals surface area contributed by atoms with E-state index in [-0.39, 0.29) is 11.3 Å². The predicted octanol–water partition coefficient (Wildman–Crippen LogP) is 1.96. The fourth-order valence-electron chi connectivity index (χ4n) is 1.48. The maximum atomic E-state index is 12.7. The highest BCUT2D eigenvalue weighted by molar-refractivity contribution is 5.96. The number of alkyl halides is 4. The van der Waals surface area contributed by atoms with Gasteiger partial charge in [0, 0.05) is 19.7 Å². The van der Waals surface area contributed by atoms with Gasteiger partial charge in [0.1, 0.15) is 0 Å². The van der Waals surface area contributed by atoms with E-state index in [2.05, 4.69) is 0 Å². The first-order valence-corrected chi connectivity index (χ1v) is 5.66. The summed E-state index contributed by atoms with van der Waals surface area (Å²) >= 11 is 0. The molecule has 112 valence electrons. The van der Waals surface area contributed by atoms with Crippen molar-refractivity contribution in [1.82, 2.24) is 5.32 Å². The Bertz CT molecular complexity index is 492. The van der Waals surface area contributed by atoms with E-state index in [0.29, 0.717) is 5.69 Å². The second kappa shape index (κ2) is 5.98. The number of nitrogens with zero attached hydrogens (tertiary/aromatic N) is 1. The van der Waals surface area contributed by atoms with Crippen LogP contribution in [0, 0.1) is 0 Å². The number of hydrogen-bond donors (Lipinski definition) is 2. The molecule has 0 unspecified atom stereocenters. The lowest BCUT2D eigenvalue weighted by Gasteiger charge is -2.17. The summed E-state index contributed by atoms with van der Waals surface area (Å²) in [7, 11) is 3.49. The summed E-state index contributed by atoms with van der Waals surface area (Å²) in [5.41, 5.74) is 6.66. The minimum absolute atomic E-state index is 0.0261. The number of anilines is 2. The molecule has 0 aromatic heterocycles. The molecule has 0 aliphatic heterocycles. The molecule has 4 nitrogen and oxygen atoms in total. The quantitative estimate of drug-likeness (QED) is 0.644. The average molecular weight is 293 g/mol. The minimum atomic E-state index is -4.26. The summed E-state index contributed by atoms with van der Waals surface area (Å²) in [5.74, 6) is -5.15. The van der Waals surface area contributed by atoms with E-state index in [1.807, 2.05) is 0 Å². The number of nitrogens with two attached hydrogens (primary N) is 1. The number of benzene rings is 1. The first kappa shape index (κ1) is 16.1. The molecule has 20 heavy (non-hydrogen) atoms. The molecule has 0 aliphatic rings. The molecule has 0 fully saturated rings. The van der Waals surface area contributed by atoms with E-state index >= 15 is 0 Å². The molecule has 0 heterocycles. The predicted molar refractivity (Wildman–Crippen MR) is 68.5 cm³/mol. The van der Waals surface area contributed by atoms with Crippen molar-refractivity contribution in [3.8, 4) is 0 Å². The van der Waals surface area contributed by atoms with Crippen molar-refractivity contribution >= 4 is 17.3 Å². The number of nitrogens with one attached hydrogen (secondary N) is 1. The Labute approximate surface area is 113 Å². The van der Waals surface area contributed by atoms with Crippen molar-refractivity contribution in [2.45, 2.75) is 12.3 Å². The van der Waals surface area contributed by atoms with Gasteiger partial charge >= 0.3 is 12.3 Å². The van der Waals surface area contributed by atoms with Gasteiger partial charge in [-0.15, -0.1) is 0 Å². The van der Waals surface area contributed by atoms with Crippen LogP contribution in [0.1, 0.15) is 10.4 Å². The number of nitrogen functional groups attached to an aromatic ring is 1. The fraction of sp³-hybridized carbons (Fsp3) is 0.417. The van der Waals surface area contributed by atoms with Crippen molar-refractivity contribution in [2.24, 2.45) is 0 Å². The highest BCUT2D eigenvalue weighted by Gasteiger charge is 2.40. The van der Waals surface area contributed by atoms with Crippen LogP contribution >= 0.6 is 0 Å². The van der Waals surface area contributed by atoms with E-state index in [1.54, 1.807) is 24.3 Å². The van der Waals surface area contributed by atoms with Gasteiger partial charge in [-0.25, -0.2) is 8.78 Å². The van der Waals surface area contributed by atoms with Crippen LogP contribution in [-0.2, 0) is 0 Å². The zero-order valence-corrected chi connectivity index (χ0v) is 11.0. The van der Waals surface area contributed by atoms with Crippen LogP contribution in [-0.4, -0.2) is 38.9 Å². The van der Waals surface area contributed by atoms with E-state index in [9.17, 15) is 22.4 Å². The Morgan fingerprint density at radius 3 is 2.45 bits per heavy atom. The SMILES string of the molecule is CN(C)c1ccc(C(=O)NCC(F)(F)C(F)F)cc1N. The zero-order chi connectivity index (χ0) is 15.5. The molecule has 0 radical (unpaired) electrons. The molecule has 0 saturated carbocycles. The molecule has 0 atom stereocenters. The second-order valence-electron chi connectivity index (χ2n) is 4.41. The maximum absolute atomic E-state index is 12.7. The Morgan fingerprint density at radius 1 is 1.40 bits per heavy atom. The van der Waals surface area contributed by atoms with Crippen molar-refractivity contribution in [3.05, 3.63) is 23.8 Å². The number of carbonyl (C=O) groups excluding carboxylic acids is 1. The third-order valence-electron chi connectivity index (χ3n) is 2.58. The lowest BCUT2D eigenvalue weighted by atomic mass is 10.1. The van der Waals surface area contributed by atoms with Crippen molar-refractivity contribution < 1.29 is 22.4 Å². The smallest absolute Gasteiger partial charge is 0.324 e. The summed E-state index contributed by atoms with van der Waals surface area (Å²) in [6, 6.07) is 4.21. The topological polar surface area (TPSA) is 58.4 Å². The van der Waals surface area contributed by atoms with E-state index < -0.39 is 24.8 Å². The summed E-state index contributed by atoms with van der Waals surface area (Å²) in [5, 5.41) is 1.76. The molecule has 3 N–H and O–H groups in total. The van der Waals surface area contributed by atoms with Crippen LogP contribution in [0.4, 0.5) is 28.9 Å². The van der Waals surface area contributed by atoms with Gasteiger partial charge < -0.3 is 16.0 Å². The summed E-state index contributed by atoms with van der Waals surface area (Å²) in [6.45, 7) is -1.43. The van der Waals surface area contributed by atoms with Crippen LogP contribution in [0.2, 0.25) is 0 Å². The first-order chi connectivity index (χ1) is 9.15. The van der Waals surface area contributed by atoms with Crippen LogP contribution in [0.5, 0.6) is 0 Å². The maximum Gasteiger partial charge on any atom is 0.324 e. The molecule has 0 spiro atoms. The van der Waals surface area contributed by atoms with Crippen molar-refractivity contribution in [1.29, 1.82) is 0 Å². The van der Waals surface area contributed by atoms with Gasteiger partial charge in [0.25, 0.3) is 5.91 Å². The van der Waals surface area contributed by atoms with Gasteiger partial charge in [0.15, 0.2) is 0 Å². The molecule has 0 aliphatic carbocycles. The molecule has 1 aromatic carbocycles. The number of rotatable bonds is 5. The van der Waals surface area contributed by atoms with Crippen LogP contribution in [0.3, 0.4) is 0 Å². The van der Waals surface area contributed by atoms with Crippen molar-refractivity contribution in [2.75, 3.05) is 31.3 Å². The lowest BCUT2D eigenvalue weighted by Crippen LogP contribution is -2.41. The number of amides is 1. The largest absolute Gasteiger partial charge is 0.397 e. The molecular formula is C12H15F4N3O. The van der Waals surface area contributed by atoms with Gasteiger partial charge in [-0.05, 0) is 18.2 Å². The Kier molecular flexibility index (Phi) is 4.80. The average Bonchev–Trinajstić information content (AvgIpc) is 2.35. The standard InChI is InChI=1S/C12H15F4N3O/c1-19(2)9-4-3-7(5-8(9)17)10(20)18-6-12(15,16)11(13)14/h3-5,11H,6,17H2,1-2H3,(H,18,20). The first-order valence-electron chi connectivity index (χ1n) is 5.66. The van der Waals surface area contributed by atoms with Crippen LogP contribution in [0.15, 0.2) is 18.2 Å². The molecule has 8 heteroatoms. The number of carbonyl (C=O) groups is 1. The van der Waals surface area contributed by atoms with E-state index in [0.717, 1.165) is 0 Å². The zero-order valence-electron chi connectivity index (χ0n) is 11.0. The molecule has 0 bridgehead atoms. The van der Waals surface area contributed by atoms with Gasteiger partial charge in [0.05, 0.1) is 17.9 Å².